The second-order valence-electron chi connectivity index (χ2n) is 5.04. The first-order valence-electron chi connectivity index (χ1n) is 6.82. The molecular weight excluding hydrogens is 270 g/mol. The molecule has 1 aliphatic rings. The molecular formula is C16H19NO2S. The van der Waals surface area contributed by atoms with E-state index in [1.807, 2.05) is 29.5 Å². The Morgan fingerprint density at radius 2 is 1.90 bits per heavy atom. The zero-order chi connectivity index (χ0) is 14.1. The van der Waals surface area contributed by atoms with Crippen molar-refractivity contribution < 1.29 is 9.47 Å². The Morgan fingerprint density at radius 1 is 1.10 bits per heavy atom. The van der Waals surface area contributed by atoms with Gasteiger partial charge in [-0.3, -0.25) is 0 Å². The summed E-state index contributed by atoms with van der Waals surface area (Å²) in [4.78, 5) is 2.75. The molecule has 0 aliphatic heterocycles. The molecule has 0 bridgehead atoms. The quantitative estimate of drug-likeness (QED) is 0.939. The van der Waals surface area contributed by atoms with Crippen molar-refractivity contribution in [1.82, 2.24) is 0 Å². The zero-order valence-corrected chi connectivity index (χ0v) is 12.6. The van der Waals surface area contributed by atoms with Crippen molar-refractivity contribution >= 4 is 11.3 Å². The number of hydrogen-bond acceptors (Lipinski definition) is 4. The monoisotopic (exact) mass is 289 g/mol. The normalized spacial score (nSPS) is 14.9. The Labute approximate surface area is 123 Å². The number of hydrogen-bond donors (Lipinski definition) is 1. The highest BCUT2D eigenvalue weighted by molar-refractivity contribution is 7.12. The number of methoxy groups -OCH3 is 2. The standard InChI is InChI=1S/C16H19NO2S/c1-18-12-7-6-11(8-13(12)19-2)16(17)15-9-10-4-3-5-14(10)20-15/h6-9,16H,3-5,17H2,1-2H3. The van der Waals surface area contributed by atoms with Gasteiger partial charge in [0.25, 0.3) is 0 Å². The summed E-state index contributed by atoms with van der Waals surface area (Å²) in [6.45, 7) is 0. The van der Waals surface area contributed by atoms with Crippen LogP contribution in [0.2, 0.25) is 0 Å². The maximum Gasteiger partial charge on any atom is 0.161 e. The van der Waals surface area contributed by atoms with E-state index in [1.54, 1.807) is 14.2 Å². The van der Waals surface area contributed by atoms with Crippen LogP contribution in [0.15, 0.2) is 24.3 Å². The number of ether oxygens (including phenoxy) is 2. The highest BCUT2D eigenvalue weighted by Gasteiger charge is 2.19. The Morgan fingerprint density at radius 3 is 2.60 bits per heavy atom. The molecule has 1 aromatic carbocycles. The molecule has 1 aliphatic carbocycles. The predicted molar refractivity (Wildman–Crippen MR) is 81.9 cm³/mol. The summed E-state index contributed by atoms with van der Waals surface area (Å²) in [7, 11) is 3.29. The van der Waals surface area contributed by atoms with E-state index in [0.717, 1.165) is 17.1 Å². The van der Waals surface area contributed by atoms with Gasteiger partial charge in [0.15, 0.2) is 11.5 Å². The highest BCUT2D eigenvalue weighted by atomic mass is 32.1. The van der Waals surface area contributed by atoms with E-state index in [-0.39, 0.29) is 6.04 Å². The fourth-order valence-corrected chi connectivity index (χ4v) is 4.00. The van der Waals surface area contributed by atoms with Crippen LogP contribution in [0.25, 0.3) is 0 Å². The van der Waals surface area contributed by atoms with Crippen molar-refractivity contribution in [1.29, 1.82) is 0 Å². The Kier molecular flexibility index (Phi) is 3.68. The number of fused-ring (bicyclic) bond motifs is 1. The van der Waals surface area contributed by atoms with Gasteiger partial charge in [-0.1, -0.05) is 6.07 Å². The summed E-state index contributed by atoms with van der Waals surface area (Å²) in [5.74, 6) is 1.46. The molecule has 0 amide bonds. The highest BCUT2D eigenvalue weighted by Crippen LogP contribution is 2.37. The van der Waals surface area contributed by atoms with Crippen LogP contribution < -0.4 is 15.2 Å². The minimum Gasteiger partial charge on any atom is -0.493 e. The van der Waals surface area contributed by atoms with Crippen molar-refractivity contribution in [3.05, 3.63) is 45.1 Å². The van der Waals surface area contributed by atoms with Crippen LogP contribution in [0.5, 0.6) is 11.5 Å². The van der Waals surface area contributed by atoms with Gasteiger partial charge in [0.05, 0.1) is 20.3 Å². The van der Waals surface area contributed by atoms with Crippen LogP contribution in [-0.2, 0) is 12.8 Å². The van der Waals surface area contributed by atoms with Gasteiger partial charge >= 0.3 is 0 Å². The first-order valence-corrected chi connectivity index (χ1v) is 7.63. The van der Waals surface area contributed by atoms with Gasteiger partial charge in [-0.2, -0.15) is 0 Å². The van der Waals surface area contributed by atoms with Gasteiger partial charge in [0.1, 0.15) is 0 Å². The average molecular weight is 289 g/mol. The molecule has 1 unspecified atom stereocenters. The molecule has 0 spiro atoms. The first kappa shape index (κ1) is 13.5. The molecule has 4 heteroatoms. The summed E-state index contributed by atoms with van der Waals surface area (Å²) in [5, 5.41) is 0. The van der Waals surface area contributed by atoms with Gasteiger partial charge in [-0.15, -0.1) is 11.3 Å². The van der Waals surface area contributed by atoms with Gasteiger partial charge in [-0.05, 0) is 48.6 Å². The van der Waals surface area contributed by atoms with Gasteiger partial charge < -0.3 is 15.2 Å². The zero-order valence-electron chi connectivity index (χ0n) is 11.8. The lowest BCUT2D eigenvalue weighted by atomic mass is 10.0. The number of aryl methyl sites for hydroxylation is 2. The van der Waals surface area contributed by atoms with Crippen LogP contribution in [0, 0.1) is 0 Å². The van der Waals surface area contributed by atoms with Crippen molar-refractivity contribution in [3.8, 4) is 11.5 Å². The maximum atomic E-state index is 6.41. The molecule has 2 N–H and O–H groups in total. The summed E-state index contributed by atoms with van der Waals surface area (Å²) < 4.78 is 10.6. The van der Waals surface area contributed by atoms with Gasteiger partial charge in [0, 0.05) is 9.75 Å². The second-order valence-corrected chi connectivity index (χ2v) is 6.21. The van der Waals surface area contributed by atoms with Crippen LogP contribution in [-0.4, -0.2) is 14.2 Å². The lowest BCUT2D eigenvalue weighted by Gasteiger charge is -2.14. The molecule has 3 nitrogen and oxygen atoms in total. The van der Waals surface area contributed by atoms with Crippen molar-refractivity contribution in [2.45, 2.75) is 25.3 Å². The van der Waals surface area contributed by atoms with E-state index in [0.29, 0.717) is 0 Å². The molecule has 1 aromatic heterocycles. The average Bonchev–Trinajstić information content (AvgIpc) is 3.06. The molecule has 106 valence electrons. The van der Waals surface area contributed by atoms with E-state index in [9.17, 15) is 0 Å². The minimum atomic E-state index is -0.0922. The molecule has 0 saturated carbocycles. The smallest absolute Gasteiger partial charge is 0.161 e. The third-order valence-corrected chi connectivity index (χ3v) is 5.16. The third-order valence-electron chi connectivity index (χ3n) is 3.84. The third kappa shape index (κ3) is 2.30. The number of rotatable bonds is 4. The fraction of sp³-hybridized carbons (Fsp3) is 0.375. The molecule has 1 atom stereocenters. The molecule has 2 aromatic rings. The molecule has 0 radical (unpaired) electrons. The molecule has 20 heavy (non-hydrogen) atoms. The van der Waals surface area contributed by atoms with E-state index in [1.165, 1.54) is 34.6 Å². The van der Waals surface area contributed by atoms with Crippen molar-refractivity contribution in [2.75, 3.05) is 14.2 Å². The Balaban J connectivity index is 1.91. The van der Waals surface area contributed by atoms with E-state index < -0.39 is 0 Å². The Bertz CT molecular complexity index is 599. The lowest BCUT2D eigenvalue weighted by Crippen LogP contribution is -2.10. The second kappa shape index (κ2) is 5.46. The first-order chi connectivity index (χ1) is 9.72. The summed E-state index contributed by atoms with van der Waals surface area (Å²) >= 11 is 1.85. The largest absolute Gasteiger partial charge is 0.493 e. The summed E-state index contributed by atoms with van der Waals surface area (Å²) in [6, 6.07) is 8.07. The van der Waals surface area contributed by atoms with Crippen LogP contribution in [0.3, 0.4) is 0 Å². The number of benzene rings is 1. The van der Waals surface area contributed by atoms with Crippen molar-refractivity contribution in [3.63, 3.8) is 0 Å². The maximum absolute atomic E-state index is 6.41. The SMILES string of the molecule is COc1ccc(C(N)c2cc3c(s2)CCC3)cc1OC. The minimum absolute atomic E-state index is 0.0922. The molecule has 0 fully saturated rings. The lowest BCUT2D eigenvalue weighted by molar-refractivity contribution is 0.354. The molecule has 0 saturated heterocycles. The van der Waals surface area contributed by atoms with Gasteiger partial charge in [0.2, 0.25) is 0 Å². The Hall–Kier alpha value is -1.52. The van der Waals surface area contributed by atoms with Gasteiger partial charge in [-0.25, -0.2) is 0 Å². The predicted octanol–water partition coefficient (Wildman–Crippen LogP) is 3.30. The van der Waals surface area contributed by atoms with Crippen LogP contribution in [0.1, 0.15) is 33.3 Å². The fourth-order valence-electron chi connectivity index (χ4n) is 2.72. The van der Waals surface area contributed by atoms with E-state index in [4.69, 9.17) is 15.2 Å². The van der Waals surface area contributed by atoms with E-state index >= 15 is 0 Å². The van der Waals surface area contributed by atoms with E-state index in [2.05, 4.69) is 6.07 Å². The number of thiophene rings is 1. The summed E-state index contributed by atoms with van der Waals surface area (Å²) in [6.07, 6.45) is 3.69. The summed E-state index contributed by atoms with van der Waals surface area (Å²) in [5.41, 5.74) is 8.95. The van der Waals surface area contributed by atoms with Crippen LogP contribution in [0.4, 0.5) is 0 Å². The number of nitrogens with two attached hydrogens (primary N) is 1. The molecule has 3 rings (SSSR count). The van der Waals surface area contributed by atoms with Crippen LogP contribution >= 0.6 is 11.3 Å². The van der Waals surface area contributed by atoms with Crippen molar-refractivity contribution in [2.24, 2.45) is 5.73 Å². The molecule has 1 heterocycles. The topological polar surface area (TPSA) is 44.5 Å².